The molecule has 1 aliphatic carbocycles. The molecule has 0 saturated heterocycles. The van der Waals surface area contributed by atoms with Gasteiger partial charge in [0.05, 0.1) is 5.69 Å². The Morgan fingerprint density at radius 3 is 1.50 bits per heavy atom. The van der Waals surface area contributed by atoms with Gasteiger partial charge < -0.3 is 4.90 Å². The number of anilines is 3. The summed E-state index contributed by atoms with van der Waals surface area (Å²) in [5.41, 5.74) is 20.6. The molecule has 9 aromatic rings. The summed E-state index contributed by atoms with van der Waals surface area (Å²) in [5, 5.41) is 0. The quantitative estimate of drug-likeness (QED) is 0.150. The van der Waals surface area contributed by atoms with Gasteiger partial charge >= 0.3 is 0 Å². The molecule has 0 spiro atoms. The van der Waals surface area contributed by atoms with Gasteiger partial charge in [-0.25, -0.2) is 0 Å². The molecule has 1 aliphatic rings. The van der Waals surface area contributed by atoms with Crippen LogP contribution in [-0.4, -0.2) is 0 Å². The summed E-state index contributed by atoms with van der Waals surface area (Å²) in [6.07, 6.45) is 0. The first-order valence-electron chi connectivity index (χ1n) is 20.2. The van der Waals surface area contributed by atoms with Gasteiger partial charge in [-0.2, -0.15) is 0 Å². The van der Waals surface area contributed by atoms with Crippen molar-refractivity contribution in [3.63, 3.8) is 0 Å². The lowest BCUT2D eigenvalue weighted by molar-refractivity contribution is 0.662. The molecular formula is C57H43N. The van der Waals surface area contributed by atoms with E-state index in [4.69, 9.17) is 0 Å². The van der Waals surface area contributed by atoms with Gasteiger partial charge in [-0.15, -0.1) is 0 Å². The molecule has 58 heavy (non-hydrogen) atoms. The van der Waals surface area contributed by atoms with Crippen LogP contribution < -0.4 is 4.90 Å². The van der Waals surface area contributed by atoms with Crippen LogP contribution in [0.15, 0.2) is 224 Å². The van der Waals surface area contributed by atoms with Crippen molar-refractivity contribution in [3.05, 3.63) is 236 Å². The summed E-state index contributed by atoms with van der Waals surface area (Å²) in [4.78, 5) is 2.46. The van der Waals surface area contributed by atoms with Gasteiger partial charge in [-0.05, 0) is 103 Å². The van der Waals surface area contributed by atoms with Crippen LogP contribution in [-0.2, 0) is 5.41 Å². The predicted octanol–water partition coefficient (Wildman–Crippen LogP) is 15.8. The second-order valence-electron chi connectivity index (χ2n) is 15.7. The topological polar surface area (TPSA) is 3.24 Å². The van der Waals surface area contributed by atoms with Gasteiger partial charge in [-0.1, -0.05) is 208 Å². The second kappa shape index (κ2) is 14.7. The van der Waals surface area contributed by atoms with Crippen molar-refractivity contribution >= 4 is 17.1 Å². The van der Waals surface area contributed by atoms with E-state index in [-0.39, 0.29) is 5.41 Å². The Morgan fingerprint density at radius 2 is 0.793 bits per heavy atom. The van der Waals surface area contributed by atoms with Crippen LogP contribution in [0.1, 0.15) is 25.0 Å². The lowest BCUT2D eigenvalue weighted by Gasteiger charge is -2.31. The summed E-state index contributed by atoms with van der Waals surface area (Å²) in [5.74, 6) is 0. The average molecular weight is 742 g/mol. The minimum atomic E-state index is -0.135. The van der Waals surface area contributed by atoms with Crippen LogP contribution >= 0.6 is 0 Å². The third kappa shape index (κ3) is 6.13. The molecule has 0 N–H and O–H groups in total. The van der Waals surface area contributed by atoms with Crippen molar-refractivity contribution < 1.29 is 0 Å². The summed E-state index contributed by atoms with van der Waals surface area (Å²) in [7, 11) is 0. The standard InChI is InChI=1S/C57H43N/c1-57(2)53-33-15-14-28-50(53)52-32-17-31-49(56(52)57)44-25-16-26-46(39-44)58(45-37-35-41(36-38-45)40-19-6-3-7-20-40)54-34-18-30-48(43-23-10-5-11-24-43)55(54)51-29-13-12-27-47(51)42-21-8-4-9-22-42/h3-39H,1-2H3. The van der Waals surface area contributed by atoms with Crippen LogP contribution in [0.3, 0.4) is 0 Å². The fourth-order valence-electron chi connectivity index (χ4n) is 9.20. The molecule has 276 valence electrons. The van der Waals surface area contributed by atoms with Gasteiger partial charge in [-0.3, -0.25) is 0 Å². The zero-order valence-electron chi connectivity index (χ0n) is 32.8. The van der Waals surface area contributed by atoms with Crippen molar-refractivity contribution in [2.45, 2.75) is 19.3 Å². The molecule has 0 heterocycles. The highest BCUT2D eigenvalue weighted by atomic mass is 15.1. The first-order valence-corrected chi connectivity index (χ1v) is 20.2. The van der Waals surface area contributed by atoms with Crippen LogP contribution in [0.5, 0.6) is 0 Å². The van der Waals surface area contributed by atoms with E-state index in [9.17, 15) is 0 Å². The molecule has 0 aromatic heterocycles. The Kier molecular flexibility index (Phi) is 8.92. The Balaban J connectivity index is 1.22. The molecule has 1 heteroatoms. The van der Waals surface area contributed by atoms with Crippen LogP contribution in [0.2, 0.25) is 0 Å². The lowest BCUT2D eigenvalue weighted by atomic mass is 9.79. The molecule has 0 bridgehead atoms. The van der Waals surface area contributed by atoms with Gasteiger partial charge in [0, 0.05) is 22.4 Å². The fourth-order valence-corrected chi connectivity index (χ4v) is 9.20. The number of benzene rings is 9. The number of hydrogen-bond donors (Lipinski definition) is 0. The second-order valence-corrected chi connectivity index (χ2v) is 15.7. The summed E-state index contributed by atoms with van der Waals surface area (Å²) >= 11 is 0. The zero-order chi connectivity index (χ0) is 39.1. The minimum Gasteiger partial charge on any atom is -0.310 e. The molecule has 0 radical (unpaired) electrons. The van der Waals surface area contributed by atoms with Gasteiger partial charge in [0.1, 0.15) is 0 Å². The number of nitrogens with zero attached hydrogens (tertiary/aromatic N) is 1. The molecule has 0 aliphatic heterocycles. The molecule has 0 saturated carbocycles. The summed E-state index contributed by atoms with van der Waals surface area (Å²) in [6, 6.07) is 81.8. The molecule has 0 atom stereocenters. The van der Waals surface area contributed by atoms with E-state index >= 15 is 0 Å². The highest BCUT2D eigenvalue weighted by Gasteiger charge is 2.37. The van der Waals surface area contributed by atoms with Crippen LogP contribution in [0.4, 0.5) is 17.1 Å². The Morgan fingerprint density at radius 1 is 0.310 bits per heavy atom. The molecule has 0 unspecified atom stereocenters. The van der Waals surface area contributed by atoms with Crippen LogP contribution in [0, 0.1) is 0 Å². The highest BCUT2D eigenvalue weighted by molar-refractivity contribution is 6.01. The van der Waals surface area contributed by atoms with Crippen molar-refractivity contribution in [2.24, 2.45) is 0 Å². The van der Waals surface area contributed by atoms with Crippen molar-refractivity contribution in [3.8, 4) is 66.8 Å². The van der Waals surface area contributed by atoms with Crippen molar-refractivity contribution in [2.75, 3.05) is 4.90 Å². The maximum atomic E-state index is 2.46. The van der Waals surface area contributed by atoms with E-state index in [0.717, 1.165) is 17.1 Å². The Bertz CT molecular complexity index is 2890. The molecule has 9 aromatic carbocycles. The van der Waals surface area contributed by atoms with Crippen LogP contribution in [0.25, 0.3) is 66.8 Å². The Labute approximate surface area is 342 Å². The summed E-state index contributed by atoms with van der Waals surface area (Å²) < 4.78 is 0. The van der Waals surface area contributed by atoms with Crippen molar-refractivity contribution in [1.29, 1.82) is 0 Å². The molecule has 0 fully saturated rings. The highest BCUT2D eigenvalue weighted by Crippen LogP contribution is 2.53. The predicted molar refractivity (Wildman–Crippen MR) is 246 cm³/mol. The van der Waals surface area contributed by atoms with E-state index in [2.05, 4.69) is 243 Å². The van der Waals surface area contributed by atoms with E-state index in [0.29, 0.717) is 0 Å². The van der Waals surface area contributed by atoms with E-state index in [1.807, 2.05) is 0 Å². The smallest absolute Gasteiger partial charge is 0.0546 e. The van der Waals surface area contributed by atoms with Gasteiger partial charge in [0.25, 0.3) is 0 Å². The SMILES string of the molecule is CC1(C)c2ccccc2-c2cccc(-c3cccc(N(c4ccc(-c5ccccc5)cc4)c4cccc(-c5ccccc5)c4-c4ccccc4-c4ccccc4)c3)c21. The number of hydrogen-bond acceptors (Lipinski definition) is 1. The normalized spacial score (nSPS) is 12.4. The average Bonchev–Trinajstić information content (AvgIpc) is 3.53. The summed E-state index contributed by atoms with van der Waals surface area (Å²) in [6.45, 7) is 4.74. The fraction of sp³-hybridized carbons (Fsp3) is 0.0526. The largest absolute Gasteiger partial charge is 0.310 e. The molecular weight excluding hydrogens is 699 g/mol. The van der Waals surface area contributed by atoms with E-state index in [1.54, 1.807) is 0 Å². The third-order valence-corrected chi connectivity index (χ3v) is 11.9. The van der Waals surface area contributed by atoms with Crippen molar-refractivity contribution in [1.82, 2.24) is 0 Å². The van der Waals surface area contributed by atoms with Gasteiger partial charge in [0.15, 0.2) is 0 Å². The number of rotatable bonds is 8. The third-order valence-electron chi connectivity index (χ3n) is 11.9. The maximum Gasteiger partial charge on any atom is 0.0546 e. The first kappa shape index (κ1) is 35.2. The van der Waals surface area contributed by atoms with E-state index in [1.165, 1.54) is 77.9 Å². The monoisotopic (exact) mass is 741 g/mol. The molecule has 10 rings (SSSR count). The maximum absolute atomic E-state index is 2.46. The Hall–Kier alpha value is -7.22. The molecule has 1 nitrogen and oxygen atoms in total. The molecule has 0 amide bonds. The number of fused-ring (bicyclic) bond motifs is 3. The lowest BCUT2D eigenvalue weighted by Crippen LogP contribution is -2.16. The zero-order valence-corrected chi connectivity index (χ0v) is 32.8. The minimum absolute atomic E-state index is 0.135. The van der Waals surface area contributed by atoms with E-state index < -0.39 is 0 Å². The first-order chi connectivity index (χ1) is 28.6. The van der Waals surface area contributed by atoms with Gasteiger partial charge in [0.2, 0.25) is 0 Å².